The van der Waals surface area contributed by atoms with Crippen molar-refractivity contribution < 1.29 is 22.7 Å². The zero-order valence-electron chi connectivity index (χ0n) is 17.0. The molecule has 0 fully saturated rings. The number of fused-ring (bicyclic) bond motifs is 1. The molecule has 0 aromatic heterocycles. The van der Waals surface area contributed by atoms with Crippen molar-refractivity contribution in [1.29, 1.82) is 0 Å². The van der Waals surface area contributed by atoms with E-state index < -0.39 is 22.0 Å². The molecule has 1 amide bonds. The first-order chi connectivity index (χ1) is 15.4. The number of hydrogen-bond donors (Lipinski definition) is 2. The van der Waals surface area contributed by atoms with Gasteiger partial charge in [0.2, 0.25) is 22.7 Å². The molecule has 0 saturated heterocycles. The molecule has 0 bridgehead atoms. The molecule has 3 aromatic carbocycles. The first-order valence-electron chi connectivity index (χ1n) is 9.89. The molecule has 0 unspecified atom stereocenters. The molecule has 1 atom stereocenters. The number of benzene rings is 3. The molecule has 4 rings (SSSR count). The van der Waals surface area contributed by atoms with E-state index in [1.54, 1.807) is 24.3 Å². The van der Waals surface area contributed by atoms with Crippen LogP contribution in [0.3, 0.4) is 0 Å². The summed E-state index contributed by atoms with van der Waals surface area (Å²) in [4.78, 5) is 13.1. The maximum Gasteiger partial charge on any atom is 0.241 e. The number of sulfonamides is 1. The van der Waals surface area contributed by atoms with E-state index in [-0.39, 0.29) is 24.7 Å². The van der Waals surface area contributed by atoms with E-state index in [0.717, 1.165) is 15.6 Å². The van der Waals surface area contributed by atoms with Gasteiger partial charge >= 0.3 is 0 Å². The summed E-state index contributed by atoms with van der Waals surface area (Å²) in [6, 6.07) is 19.9. The lowest BCUT2D eigenvalue weighted by molar-refractivity contribution is -0.122. The van der Waals surface area contributed by atoms with Crippen molar-refractivity contribution in [2.45, 2.75) is 23.9 Å². The largest absolute Gasteiger partial charge is 0.454 e. The Bertz CT molecular complexity index is 1200. The van der Waals surface area contributed by atoms with Crippen molar-refractivity contribution in [2.24, 2.45) is 0 Å². The van der Waals surface area contributed by atoms with Gasteiger partial charge in [-0.05, 0) is 53.9 Å². The molecule has 0 aliphatic carbocycles. The molecule has 166 valence electrons. The van der Waals surface area contributed by atoms with Crippen LogP contribution in [0.4, 0.5) is 0 Å². The van der Waals surface area contributed by atoms with Crippen LogP contribution in [0.2, 0.25) is 0 Å². The number of ether oxygens (including phenoxy) is 2. The van der Waals surface area contributed by atoms with Gasteiger partial charge in [0, 0.05) is 11.0 Å². The first kappa shape index (κ1) is 22.3. The summed E-state index contributed by atoms with van der Waals surface area (Å²) in [6.45, 7) is 0.392. The molecular formula is C23H21BrN2O5S. The van der Waals surface area contributed by atoms with Crippen LogP contribution in [0, 0.1) is 0 Å². The average Bonchev–Trinajstić information content (AvgIpc) is 3.26. The van der Waals surface area contributed by atoms with E-state index in [0.29, 0.717) is 11.5 Å². The van der Waals surface area contributed by atoms with Crippen LogP contribution in [-0.2, 0) is 27.8 Å². The zero-order chi connectivity index (χ0) is 22.6. The summed E-state index contributed by atoms with van der Waals surface area (Å²) >= 11 is 3.30. The van der Waals surface area contributed by atoms with E-state index >= 15 is 0 Å². The van der Waals surface area contributed by atoms with Crippen LogP contribution < -0.4 is 19.5 Å². The topological polar surface area (TPSA) is 93.7 Å². The number of halogens is 1. The van der Waals surface area contributed by atoms with E-state index in [9.17, 15) is 13.2 Å². The third kappa shape index (κ3) is 5.48. The van der Waals surface area contributed by atoms with Gasteiger partial charge in [0.25, 0.3) is 0 Å². The number of nitrogens with one attached hydrogen (secondary N) is 2. The summed E-state index contributed by atoms with van der Waals surface area (Å²) in [5, 5.41) is 2.82. The van der Waals surface area contributed by atoms with Gasteiger partial charge in [0.05, 0.1) is 4.90 Å². The Morgan fingerprint density at radius 3 is 2.41 bits per heavy atom. The number of rotatable bonds is 8. The highest BCUT2D eigenvalue weighted by molar-refractivity contribution is 9.10. The maximum atomic E-state index is 13.0. The minimum atomic E-state index is -3.90. The fraction of sp³-hybridized carbons (Fsp3) is 0.174. The van der Waals surface area contributed by atoms with Gasteiger partial charge in [-0.15, -0.1) is 0 Å². The summed E-state index contributed by atoms with van der Waals surface area (Å²) in [6.07, 6.45) is 0.212. The van der Waals surface area contributed by atoms with Crippen LogP contribution in [-0.4, -0.2) is 27.2 Å². The number of carbonyl (C=O) groups excluding carboxylic acids is 1. The molecule has 0 spiro atoms. The molecule has 1 aliphatic rings. The molecule has 1 aliphatic heterocycles. The van der Waals surface area contributed by atoms with Gasteiger partial charge in [-0.2, -0.15) is 4.72 Å². The fourth-order valence-electron chi connectivity index (χ4n) is 3.27. The molecule has 1 heterocycles. The van der Waals surface area contributed by atoms with Crippen molar-refractivity contribution in [3.63, 3.8) is 0 Å². The van der Waals surface area contributed by atoms with Gasteiger partial charge in [-0.1, -0.05) is 52.3 Å². The van der Waals surface area contributed by atoms with Crippen molar-refractivity contribution >= 4 is 31.9 Å². The molecule has 9 heteroatoms. The molecule has 0 saturated carbocycles. The monoisotopic (exact) mass is 516 g/mol. The van der Waals surface area contributed by atoms with Gasteiger partial charge < -0.3 is 14.8 Å². The van der Waals surface area contributed by atoms with Crippen molar-refractivity contribution in [3.8, 4) is 11.5 Å². The SMILES string of the molecule is O=C(NCc1ccc2c(c1)OCO2)[C@H](Cc1ccccc1)NS(=O)(=O)c1ccc(Br)cc1. The second-order valence-electron chi connectivity index (χ2n) is 7.22. The van der Waals surface area contributed by atoms with Crippen LogP contribution in [0.25, 0.3) is 0 Å². The zero-order valence-corrected chi connectivity index (χ0v) is 19.4. The molecule has 2 N–H and O–H groups in total. The minimum Gasteiger partial charge on any atom is -0.454 e. The van der Waals surface area contributed by atoms with E-state index in [2.05, 4.69) is 26.0 Å². The predicted molar refractivity (Wildman–Crippen MR) is 123 cm³/mol. The summed E-state index contributed by atoms with van der Waals surface area (Å²) in [5.74, 6) is 0.852. The van der Waals surface area contributed by atoms with Gasteiger partial charge in [-0.25, -0.2) is 8.42 Å². The van der Waals surface area contributed by atoms with E-state index in [1.807, 2.05) is 36.4 Å². The second kappa shape index (κ2) is 9.72. The lowest BCUT2D eigenvalue weighted by Gasteiger charge is -2.19. The highest BCUT2D eigenvalue weighted by Crippen LogP contribution is 2.32. The highest BCUT2D eigenvalue weighted by atomic mass is 79.9. The van der Waals surface area contributed by atoms with Gasteiger partial charge in [-0.3, -0.25) is 4.79 Å². The van der Waals surface area contributed by atoms with Gasteiger partial charge in [0.15, 0.2) is 11.5 Å². The predicted octanol–water partition coefficient (Wildman–Crippen LogP) is 3.38. The number of amides is 1. The Hall–Kier alpha value is -2.88. The smallest absolute Gasteiger partial charge is 0.241 e. The molecule has 0 radical (unpaired) electrons. The molecular weight excluding hydrogens is 496 g/mol. The quantitative estimate of drug-likeness (QED) is 0.478. The molecule has 32 heavy (non-hydrogen) atoms. The van der Waals surface area contributed by atoms with Crippen LogP contribution >= 0.6 is 15.9 Å². The third-order valence-electron chi connectivity index (χ3n) is 4.92. The highest BCUT2D eigenvalue weighted by Gasteiger charge is 2.26. The first-order valence-corrected chi connectivity index (χ1v) is 12.2. The fourth-order valence-corrected chi connectivity index (χ4v) is 4.73. The van der Waals surface area contributed by atoms with Crippen molar-refractivity contribution in [1.82, 2.24) is 10.0 Å². The Kier molecular flexibility index (Phi) is 6.78. The average molecular weight is 517 g/mol. The Morgan fingerprint density at radius 1 is 0.938 bits per heavy atom. The molecule has 7 nitrogen and oxygen atoms in total. The van der Waals surface area contributed by atoms with E-state index in [4.69, 9.17) is 9.47 Å². The third-order valence-corrected chi connectivity index (χ3v) is 6.94. The summed E-state index contributed by atoms with van der Waals surface area (Å²) in [5.41, 5.74) is 1.66. The number of carbonyl (C=O) groups is 1. The number of hydrogen-bond acceptors (Lipinski definition) is 5. The van der Waals surface area contributed by atoms with Gasteiger partial charge in [0.1, 0.15) is 6.04 Å². The Labute approximate surface area is 194 Å². The molecule has 3 aromatic rings. The lowest BCUT2D eigenvalue weighted by atomic mass is 10.1. The standard InChI is InChI=1S/C23H21BrN2O5S/c24-18-7-9-19(10-8-18)32(28,29)26-20(12-16-4-2-1-3-5-16)23(27)25-14-17-6-11-21-22(13-17)31-15-30-21/h1-11,13,20,26H,12,14-15H2,(H,25,27)/t20-/m0/s1. The van der Waals surface area contributed by atoms with Crippen LogP contribution in [0.1, 0.15) is 11.1 Å². The second-order valence-corrected chi connectivity index (χ2v) is 9.85. The normalized spacial score (nSPS) is 13.5. The van der Waals surface area contributed by atoms with Crippen molar-refractivity contribution in [3.05, 3.63) is 88.4 Å². The Balaban J connectivity index is 1.50. The van der Waals surface area contributed by atoms with Crippen LogP contribution in [0.5, 0.6) is 11.5 Å². The Morgan fingerprint density at radius 2 is 1.66 bits per heavy atom. The summed E-state index contributed by atoms with van der Waals surface area (Å²) in [7, 11) is -3.90. The maximum absolute atomic E-state index is 13.0. The van der Waals surface area contributed by atoms with E-state index in [1.165, 1.54) is 12.1 Å². The van der Waals surface area contributed by atoms with Crippen LogP contribution in [0.15, 0.2) is 82.2 Å². The van der Waals surface area contributed by atoms with Crippen molar-refractivity contribution in [2.75, 3.05) is 6.79 Å². The summed E-state index contributed by atoms with van der Waals surface area (Å²) < 4.78 is 39.8. The lowest BCUT2D eigenvalue weighted by Crippen LogP contribution is -2.47. The minimum absolute atomic E-state index is 0.0855.